The highest BCUT2D eigenvalue weighted by Crippen LogP contribution is 2.32. The summed E-state index contributed by atoms with van der Waals surface area (Å²) in [5, 5.41) is 9.17. The summed E-state index contributed by atoms with van der Waals surface area (Å²) in [4.78, 5) is 11.7. The first-order valence-electron chi connectivity index (χ1n) is 7.47. The summed E-state index contributed by atoms with van der Waals surface area (Å²) >= 11 is 11.6. The van der Waals surface area contributed by atoms with Crippen LogP contribution in [0, 0.1) is 0 Å². The maximum absolute atomic E-state index is 13.4. The number of rotatable bonds is 5. The van der Waals surface area contributed by atoms with Crippen molar-refractivity contribution in [1.82, 2.24) is 3.97 Å². The molecular weight excluding hydrogens is 397 g/mol. The molecule has 2 aromatic carbocycles. The van der Waals surface area contributed by atoms with E-state index in [1.54, 1.807) is 30.3 Å². The summed E-state index contributed by atoms with van der Waals surface area (Å²) in [6.45, 7) is 0. The Balaban J connectivity index is 2.32. The van der Waals surface area contributed by atoms with Gasteiger partial charge in [0.25, 0.3) is 10.0 Å². The van der Waals surface area contributed by atoms with Crippen molar-refractivity contribution in [3.63, 3.8) is 0 Å². The average Bonchev–Trinajstić information content (AvgIpc) is 3.00. The Bertz CT molecular complexity index is 1100. The fourth-order valence-corrected chi connectivity index (χ4v) is 5.05. The molecule has 134 valence electrons. The van der Waals surface area contributed by atoms with E-state index in [1.165, 1.54) is 30.3 Å². The SMILES string of the molecule is O=C(O)c1cc2cc(Cl)ccc2n1S(=O)(=O)C(C=CCl)c1ccccc1. The summed E-state index contributed by atoms with van der Waals surface area (Å²) in [6.07, 6.45) is 1.31. The van der Waals surface area contributed by atoms with Gasteiger partial charge in [0.1, 0.15) is 10.9 Å². The molecule has 1 aromatic heterocycles. The Morgan fingerprint density at radius 2 is 1.81 bits per heavy atom. The van der Waals surface area contributed by atoms with Crippen LogP contribution in [0.15, 0.2) is 66.2 Å². The molecule has 0 aliphatic heterocycles. The normalized spacial score (nSPS) is 13.3. The van der Waals surface area contributed by atoms with Gasteiger partial charge < -0.3 is 5.11 Å². The lowest BCUT2D eigenvalue weighted by Gasteiger charge is -2.17. The van der Waals surface area contributed by atoms with Crippen molar-refractivity contribution in [3.8, 4) is 0 Å². The molecule has 0 radical (unpaired) electrons. The second kappa shape index (κ2) is 7.15. The van der Waals surface area contributed by atoms with Crippen molar-refractivity contribution >= 4 is 50.1 Å². The van der Waals surface area contributed by atoms with Crippen molar-refractivity contribution in [2.45, 2.75) is 5.25 Å². The van der Waals surface area contributed by atoms with E-state index >= 15 is 0 Å². The van der Waals surface area contributed by atoms with E-state index in [0.717, 1.165) is 9.51 Å². The Kier molecular flexibility index (Phi) is 5.09. The first kappa shape index (κ1) is 18.5. The average molecular weight is 410 g/mol. The van der Waals surface area contributed by atoms with Gasteiger partial charge in [-0.2, -0.15) is 0 Å². The molecule has 0 aliphatic carbocycles. The predicted molar refractivity (Wildman–Crippen MR) is 102 cm³/mol. The maximum Gasteiger partial charge on any atom is 0.353 e. The number of hydrogen-bond donors (Lipinski definition) is 1. The Labute approximate surface area is 160 Å². The molecular formula is C18H13Cl2NO4S. The molecule has 3 aromatic rings. The zero-order valence-electron chi connectivity index (χ0n) is 13.2. The molecule has 0 aliphatic rings. The molecule has 0 saturated heterocycles. The van der Waals surface area contributed by atoms with Crippen molar-refractivity contribution in [1.29, 1.82) is 0 Å². The molecule has 8 heteroatoms. The highest BCUT2D eigenvalue weighted by Gasteiger charge is 2.32. The standard InChI is InChI=1S/C18H13Cl2NO4S/c19-9-8-17(12-4-2-1-3-5-12)26(24,25)21-15-7-6-14(20)10-13(15)11-16(21)18(22)23/h1-11,17H,(H,22,23). The van der Waals surface area contributed by atoms with E-state index in [2.05, 4.69) is 0 Å². The van der Waals surface area contributed by atoms with Gasteiger partial charge in [-0.3, -0.25) is 0 Å². The highest BCUT2D eigenvalue weighted by molar-refractivity contribution is 7.90. The van der Waals surface area contributed by atoms with E-state index < -0.39 is 21.2 Å². The first-order chi connectivity index (χ1) is 12.4. The minimum absolute atomic E-state index is 0.232. The van der Waals surface area contributed by atoms with E-state index in [1.807, 2.05) is 0 Å². The Morgan fingerprint density at radius 1 is 1.12 bits per heavy atom. The maximum atomic E-state index is 13.4. The van der Waals surface area contributed by atoms with Crippen LogP contribution in [0.3, 0.4) is 0 Å². The van der Waals surface area contributed by atoms with Crippen LogP contribution in [-0.4, -0.2) is 23.5 Å². The summed E-state index contributed by atoms with van der Waals surface area (Å²) in [7, 11) is -4.17. The third-order valence-electron chi connectivity index (χ3n) is 3.89. The van der Waals surface area contributed by atoms with Crippen LogP contribution >= 0.6 is 23.2 Å². The monoisotopic (exact) mass is 409 g/mol. The lowest BCUT2D eigenvalue weighted by Crippen LogP contribution is -2.23. The van der Waals surface area contributed by atoms with Crippen molar-refractivity contribution in [2.24, 2.45) is 0 Å². The molecule has 3 rings (SSSR count). The number of aromatic nitrogens is 1. The third-order valence-corrected chi connectivity index (χ3v) is 6.24. The molecule has 0 spiro atoms. The number of hydrogen-bond acceptors (Lipinski definition) is 3. The zero-order chi connectivity index (χ0) is 18.9. The molecule has 26 heavy (non-hydrogen) atoms. The van der Waals surface area contributed by atoms with Crippen molar-refractivity contribution < 1.29 is 18.3 Å². The first-order valence-corrected chi connectivity index (χ1v) is 9.78. The van der Waals surface area contributed by atoms with Crippen LogP contribution in [0.1, 0.15) is 21.3 Å². The van der Waals surface area contributed by atoms with E-state index in [0.29, 0.717) is 16.0 Å². The number of fused-ring (bicyclic) bond motifs is 1. The number of aromatic carboxylic acids is 1. The van der Waals surface area contributed by atoms with Gasteiger partial charge >= 0.3 is 5.97 Å². The fraction of sp³-hybridized carbons (Fsp3) is 0.0556. The smallest absolute Gasteiger partial charge is 0.353 e. The summed E-state index contributed by atoms with van der Waals surface area (Å²) < 4.78 is 27.6. The Hall–Kier alpha value is -2.28. The number of nitrogens with zero attached hydrogens (tertiary/aromatic N) is 1. The van der Waals surface area contributed by atoms with E-state index in [-0.39, 0.29) is 11.2 Å². The topological polar surface area (TPSA) is 76.4 Å². The second-order valence-corrected chi connectivity index (χ2v) is 8.09. The fourth-order valence-electron chi connectivity index (χ4n) is 2.79. The van der Waals surface area contributed by atoms with Gasteiger partial charge in [0.15, 0.2) is 0 Å². The molecule has 1 unspecified atom stereocenters. The molecule has 0 bridgehead atoms. The summed E-state index contributed by atoms with van der Waals surface area (Å²) in [5.74, 6) is -1.36. The van der Waals surface area contributed by atoms with E-state index in [4.69, 9.17) is 23.2 Å². The lowest BCUT2D eigenvalue weighted by atomic mass is 10.1. The quantitative estimate of drug-likeness (QED) is 0.664. The van der Waals surface area contributed by atoms with Crippen LogP contribution in [0.25, 0.3) is 10.9 Å². The van der Waals surface area contributed by atoms with Gasteiger partial charge in [-0.05, 0) is 35.9 Å². The minimum atomic E-state index is -4.17. The number of carbonyl (C=O) groups is 1. The number of carboxylic acid groups (broad SMARTS) is 1. The van der Waals surface area contributed by atoms with Crippen LogP contribution < -0.4 is 0 Å². The van der Waals surface area contributed by atoms with Crippen LogP contribution in [0.4, 0.5) is 0 Å². The molecule has 0 fully saturated rings. The lowest BCUT2D eigenvalue weighted by molar-refractivity contribution is 0.0689. The highest BCUT2D eigenvalue weighted by atomic mass is 35.5. The van der Waals surface area contributed by atoms with Crippen molar-refractivity contribution in [3.05, 3.63) is 82.5 Å². The van der Waals surface area contributed by atoms with Gasteiger partial charge in [-0.15, -0.1) is 0 Å². The molecule has 5 nitrogen and oxygen atoms in total. The number of halogens is 2. The van der Waals surface area contributed by atoms with E-state index in [9.17, 15) is 18.3 Å². The van der Waals surface area contributed by atoms with Gasteiger partial charge in [-0.25, -0.2) is 17.2 Å². The molecule has 1 N–H and O–H groups in total. The van der Waals surface area contributed by atoms with Gasteiger partial charge in [0, 0.05) is 15.9 Å². The van der Waals surface area contributed by atoms with Crippen molar-refractivity contribution in [2.75, 3.05) is 0 Å². The zero-order valence-corrected chi connectivity index (χ0v) is 15.5. The van der Waals surface area contributed by atoms with Gasteiger partial charge in [-0.1, -0.05) is 53.5 Å². The van der Waals surface area contributed by atoms with Crippen LogP contribution in [0.5, 0.6) is 0 Å². The minimum Gasteiger partial charge on any atom is -0.477 e. The molecule has 0 saturated carbocycles. The molecule has 1 atom stereocenters. The molecule has 1 heterocycles. The van der Waals surface area contributed by atoms with Gasteiger partial charge in [0.05, 0.1) is 5.52 Å². The third kappa shape index (κ3) is 3.23. The second-order valence-electron chi connectivity index (χ2n) is 5.50. The largest absolute Gasteiger partial charge is 0.477 e. The number of benzene rings is 2. The Morgan fingerprint density at radius 3 is 2.42 bits per heavy atom. The predicted octanol–water partition coefficient (Wildman–Crippen LogP) is 4.66. The van der Waals surface area contributed by atoms with Crippen LogP contribution in [0.2, 0.25) is 5.02 Å². The summed E-state index contributed by atoms with van der Waals surface area (Å²) in [6, 6.07) is 14.2. The molecule has 0 amide bonds. The van der Waals surface area contributed by atoms with Crippen LogP contribution in [-0.2, 0) is 10.0 Å². The van der Waals surface area contributed by atoms with Gasteiger partial charge in [0.2, 0.25) is 0 Å². The number of carboxylic acids is 1. The summed E-state index contributed by atoms with van der Waals surface area (Å²) in [5.41, 5.74) is 1.44.